The Bertz CT molecular complexity index is 1050. The summed E-state index contributed by atoms with van der Waals surface area (Å²) in [6, 6.07) is 16.3. The van der Waals surface area contributed by atoms with Crippen LogP contribution in [0, 0.1) is 23.7 Å². The highest BCUT2D eigenvalue weighted by molar-refractivity contribution is 6.91. The highest BCUT2D eigenvalue weighted by atomic mass is 28.3. The van der Waals surface area contributed by atoms with Crippen molar-refractivity contribution in [2.45, 2.75) is 39.3 Å². The van der Waals surface area contributed by atoms with Gasteiger partial charge in [0.1, 0.15) is 11.4 Å². The van der Waals surface area contributed by atoms with E-state index in [4.69, 9.17) is 0 Å². The van der Waals surface area contributed by atoms with Gasteiger partial charge in [0.2, 0.25) is 0 Å². The Morgan fingerprint density at radius 3 is 1.27 bits per heavy atom. The molecule has 0 N–H and O–H groups in total. The van der Waals surface area contributed by atoms with Crippen LogP contribution >= 0.6 is 0 Å². The van der Waals surface area contributed by atoms with Gasteiger partial charge in [-0.3, -0.25) is 0 Å². The van der Waals surface area contributed by atoms with Gasteiger partial charge in [-0.15, -0.1) is 0 Å². The Morgan fingerprint density at radius 1 is 0.567 bits per heavy atom. The van der Waals surface area contributed by atoms with Crippen molar-refractivity contribution < 1.29 is 0 Å². The normalized spacial score (nSPS) is 11.1. The molecule has 30 heavy (non-hydrogen) atoms. The molecule has 0 saturated carbocycles. The molecule has 0 aliphatic heterocycles. The molecular weight excluding hydrogens is 396 g/mol. The molecule has 0 fully saturated rings. The maximum absolute atomic E-state index is 4.35. The molecule has 2 heterocycles. The van der Waals surface area contributed by atoms with Gasteiger partial charge in [-0.1, -0.05) is 63.3 Å². The van der Waals surface area contributed by atoms with E-state index in [9.17, 15) is 0 Å². The summed E-state index contributed by atoms with van der Waals surface area (Å²) < 4.78 is 0. The van der Waals surface area contributed by atoms with Gasteiger partial charge in [0.05, 0.1) is 16.1 Å². The maximum atomic E-state index is 4.35. The lowest BCUT2D eigenvalue weighted by Crippen LogP contribution is -2.45. The maximum Gasteiger partial charge on any atom is 0.113 e. The zero-order valence-corrected chi connectivity index (χ0v) is 20.7. The number of pyridine rings is 2. The summed E-state index contributed by atoms with van der Waals surface area (Å²) in [5, 5.41) is 2.69. The second kappa shape index (κ2) is 8.84. The fourth-order valence-electron chi connectivity index (χ4n) is 3.18. The van der Waals surface area contributed by atoms with Crippen LogP contribution in [0.5, 0.6) is 0 Å². The smallest absolute Gasteiger partial charge is 0.113 e. The molecule has 0 bridgehead atoms. The second-order valence-corrected chi connectivity index (χ2v) is 19.5. The molecule has 0 saturated heterocycles. The van der Waals surface area contributed by atoms with E-state index < -0.39 is 16.1 Å². The molecule has 150 valence electrons. The highest BCUT2D eigenvalue weighted by Gasteiger charge is 2.26. The van der Waals surface area contributed by atoms with E-state index >= 15 is 0 Å². The van der Waals surface area contributed by atoms with E-state index in [2.05, 4.69) is 85.1 Å². The summed E-state index contributed by atoms with van der Waals surface area (Å²) >= 11 is 0. The first kappa shape index (κ1) is 21.8. The highest BCUT2D eigenvalue weighted by Crippen LogP contribution is 2.13. The SMILES string of the molecule is C[Si](C)(C)c1cc(C#Cc2ccccn2)c([Si](C)(C)C)cc1C#Cc1ccccn1. The monoisotopic (exact) mass is 424 g/mol. The molecule has 3 rings (SSSR count). The van der Waals surface area contributed by atoms with Gasteiger partial charge >= 0.3 is 0 Å². The fraction of sp³-hybridized carbons (Fsp3) is 0.231. The predicted molar refractivity (Wildman–Crippen MR) is 133 cm³/mol. The summed E-state index contributed by atoms with van der Waals surface area (Å²) in [5.74, 6) is 13.4. The molecule has 0 amide bonds. The van der Waals surface area contributed by atoms with E-state index in [1.165, 1.54) is 10.4 Å². The standard InChI is InChI=1S/C26H28N2Si2/c1-29(2,3)25-19-22(14-16-24-12-8-10-18-28-24)26(30(4,5)6)20-21(25)13-15-23-11-7-9-17-27-23/h7-12,17-20H,1-6H3. The molecule has 2 aromatic heterocycles. The van der Waals surface area contributed by atoms with Crippen LogP contribution in [0.3, 0.4) is 0 Å². The van der Waals surface area contributed by atoms with Crippen LogP contribution in [-0.2, 0) is 0 Å². The zero-order chi connectivity index (χ0) is 21.8. The third kappa shape index (κ3) is 5.57. The molecule has 2 nitrogen and oxygen atoms in total. The lowest BCUT2D eigenvalue weighted by molar-refractivity contribution is 1.29. The van der Waals surface area contributed by atoms with Gasteiger partial charge in [-0.25, -0.2) is 9.97 Å². The van der Waals surface area contributed by atoms with E-state index in [1.807, 2.05) is 36.4 Å². The molecule has 4 heteroatoms. The topological polar surface area (TPSA) is 25.8 Å². The van der Waals surface area contributed by atoms with Crippen molar-refractivity contribution in [2.24, 2.45) is 0 Å². The van der Waals surface area contributed by atoms with Crippen LogP contribution in [0.1, 0.15) is 22.5 Å². The van der Waals surface area contributed by atoms with Crippen molar-refractivity contribution in [3.63, 3.8) is 0 Å². The predicted octanol–water partition coefficient (Wildman–Crippen LogP) is 4.37. The number of rotatable bonds is 2. The second-order valence-electron chi connectivity index (χ2n) is 9.37. The molecule has 1 aromatic carbocycles. The molecular formula is C26H28N2Si2. The van der Waals surface area contributed by atoms with Gasteiger partial charge in [0, 0.05) is 23.5 Å². The summed E-state index contributed by atoms with van der Waals surface area (Å²) in [4.78, 5) is 8.71. The first-order valence-electron chi connectivity index (χ1n) is 10.2. The van der Waals surface area contributed by atoms with E-state index in [0.717, 1.165) is 22.5 Å². The molecule has 0 atom stereocenters. The van der Waals surface area contributed by atoms with Gasteiger partial charge < -0.3 is 0 Å². The molecule has 0 unspecified atom stereocenters. The quantitative estimate of drug-likeness (QED) is 0.451. The van der Waals surface area contributed by atoms with E-state index in [0.29, 0.717) is 0 Å². The van der Waals surface area contributed by atoms with Crippen LogP contribution in [0.2, 0.25) is 39.3 Å². The third-order valence-corrected chi connectivity index (χ3v) is 8.81. The van der Waals surface area contributed by atoms with Crippen LogP contribution in [0.15, 0.2) is 60.9 Å². The van der Waals surface area contributed by atoms with Crippen molar-refractivity contribution >= 4 is 26.5 Å². The van der Waals surface area contributed by atoms with Crippen LogP contribution in [-0.4, -0.2) is 26.1 Å². The third-order valence-electron chi connectivity index (χ3n) is 4.75. The minimum absolute atomic E-state index is 0.799. The number of benzene rings is 1. The minimum Gasteiger partial charge on any atom is -0.248 e. The molecule has 0 radical (unpaired) electrons. The van der Waals surface area contributed by atoms with Crippen molar-refractivity contribution in [1.29, 1.82) is 0 Å². The van der Waals surface area contributed by atoms with Crippen molar-refractivity contribution in [3.8, 4) is 23.7 Å². The Hall–Kier alpha value is -2.93. The van der Waals surface area contributed by atoms with Crippen LogP contribution in [0.25, 0.3) is 0 Å². The largest absolute Gasteiger partial charge is 0.248 e. The minimum atomic E-state index is -1.63. The Labute approximate surface area is 182 Å². The average Bonchev–Trinajstić information content (AvgIpc) is 2.70. The molecule has 0 spiro atoms. The van der Waals surface area contributed by atoms with Gasteiger partial charge in [-0.2, -0.15) is 0 Å². The average molecular weight is 425 g/mol. The summed E-state index contributed by atoms with van der Waals surface area (Å²) in [6.45, 7) is 14.2. The van der Waals surface area contributed by atoms with Crippen molar-refractivity contribution in [2.75, 3.05) is 0 Å². The van der Waals surface area contributed by atoms with Gasteiger partial charge in [0.15, 0.2) is 0 Å². The Balaban J connectivity index is 2.19. The van der Waals surface area contributed by atoms with E-state index in [1.54, 1.807) is 12.4 Å². The lowest BCUT2D eigenvalue weighted by Gasteiger charge is -2.25. The first-order valence-corrected chi connectivity index (χ1v) is 17.2. The Morgan fingerprint density at radius 2 is 0.967 bits per heavy atom. The Kier molecular flexibility index (Phi) is 6.41. The van der Waals surface area contributed by atoms with Gasteiger partial charge in [0.25, 0.3) is 0 Å². The summed E-state index contributed by atoms with van der Waals surface area (Å²) in [5.41, 5.74) is 3.85. The number of hydrogen-bond donors (Lipinski definition) is 0. The van der Waals surface area contributed by atoms with Gasteiger partial charge in [-0.05, 0) is 58.6 Å². The zero-order valence-electron chi connectivity index (χ0n) is 18.7. The summed E-state index contributed by atoms with van der Waals surface area (Å²) in [7, 11) is -3.26. The molecule has 0 aliphatic carbocycles. The number of nitrogens with zero attached hydrogens (tertiary/aromatic N) is 2. The van der Waals surface area contributed by atoms with E-state index in [-0.39, 0.29) is 0 Å². The van der Waals surface area contributed by atoms with Crippen LogP contribution < -0.4 is 10.4 Å². The lowest BCUT2D eigenvalue weighted by atomic mass is 10.1. The first-order chi connectivity index (χ1) is 14.1. The molecule has 3 aromatic rings. The van der Waals surface area contributed by atoms with Crippen molar-refractivity contribution in [3.05, 3.63) is 83.4 Å². The number of hydrogen-bond acceptors (Lipinski definition) is 2. The molecule has 0 aliphatic rings. The fourth-order valence-corrected chi connectivity index (χ4v) is 6.22. The number of aromatic nitrogens is 2. The van der Waals surface area contributed by atoms with Crippen molar-refractivity contribution in [1.82, 2.24) is 9.97 Å². The van der Waals surface area contributed by atoms with Crippen LogP contribution in [0.4, 0.5) is 0 Å². The summed E-state index contributed by atoms with van der Waals surface area (Å²) in [6.07, 6.45) is 3.57.